The van der Waals surface area contributed by atoms with Gasteiger partial charge in [0.1, 0.15) is 0 Å². The van der Waals surface area contributed by atoms with E-state index < -0.39 is 0 Å². The summed E-state index contributed by atoms with van der Waals surface area (Å²) in [5, 5.41) is 8.35. The zero-order valence-electron chi connectivity index (χ0n) is 11.4. The third-order valence-corrected chi connectivity index (χ3v) is 4.16. The lowest BCUT2D eigenvalue weighted by molar-refractivity contribution is -0.0914. The topological polar surface area (TPSA) is 69.2 Å². The highest BCUT2D eigenvalue weighted by molar-refractivity contribution is 4.96. The monoisotopic (exact) mass is 265 g/mol. The van der Waals surface area contributed by atoms with Gasteiger partial charge < -0.3 is 10.5 Å². The molecule has 2 heterocycles. The molecule has 3 rings (SSSR count). The molecule has 0 amide bonds. The molecule has 1 saturated heterocycles. The maximum Gasteiger partial charge on any atom is 0.0967 e. The molecule has 1 saturated carbocycles. The normalized spacial score (nSPS) is 28.3. The molecule has 2 N–H and O–H groups in total. The van der Waals surface area contributed by atoms with Gasteiger partial charge in [-0.25, -0.2) is 0 Å². The Balaban J connectivity index is 1.63. The minimum absolute atomic E-state index is 0.432. The minimum Gasteiger partial charge on any atom is -0.375 e. The number of nitrogens with zero attached hydrogens (tertiary/aromatic N) is 4. The van der Waals surface area contributed by atoms with Crippen molar-refractivity contribution in [1.82, 2.24) is 19.9 Å². The third-order valence-electron chi connectivity index (χ3n) is 4.16. The molecule has 0 spiro atoms. The molecule has 0 aromatic carbocycles. The van der Waals surface area contributed by atoms with E-state index in [1.165, 1.54) is 25.7 Å². The summed E-state index contributed by atoms with van der Waals surface area (Å²) in [5.41, 5.74) is 6.57. The molecule has 106 valence electrons. The average molecular weight is 265 g/mol. The van der Waals surface area contributed by atoms with Crippen LogP contribution in [0.3, 0.4) is 0 Å². The van der Waals surface area contributed by atoms with Crippen LogP contribution in [0.1, 0.15) is 31.4 Å². The molecule has 2 fully saturated rings. The van der Waals surface area contributed by atoms with Crippen LogP contribution in [-0.4, -0.2) is 51.7 Å². The fourth-order valence-electron chi connectivity index (χ4n) is 3.23. The van der Waals surface area contributed by atoms with Gasteiger partial charge in [0.25, 0.3) is 0 Å². The average Bonchev–Trinajstić information content (AvgIpc) is 2.87. The van der Waals surface area contributed by atoms with Crippen LogP contribution >= 0.6 is 0 Å². The first-order valence-electron chi connectivity index (χ1n) is 7.31. The lowest BCUT2D eigenvalue weighted by Gasteiger charge is -2.43. The molecule has 1 aromatic heterocycles. The molecule has 1 aliphatic heterocycles. The Morgan fingerprint density at radius 2 is 2.26 bits per heavy atom. The SMILES string of the molecule is NCCn1cc(CN2CCOC3CCCCC32)nn1. The van der Waals surface area contributed by atoms with Crippen molar-refractivity contribution < 1.29 is 4.74 Å². The zero-order chi connectivity index (χ0) is 13.1. The van der Waals surface area contributed by atoms with Crippen LogP contribution in [0.4, 0.5) is 0 Å². The largest absolute Gasteiger partial charge is 0.375 e. The molecule has 2 atom stereocenters. The van der Waals surface area contributed by atoms with E-state index in [1.54, 1.807) is 0 Å². The molecule has 1 aromatic rings. The van der Waals surface area contributed by atoms with Gasteiger partial charge in [0.15, 0.2) is 0 Å². The van der Waals surface area contributed by atoms with E-state index in [2.05, 4.69) is 15.2 Å². The van der Waals surface area contributed by atoms with E-state index in [-0.39, 0.29) is 0 Å². The Morgan fingerprint density at radius 1 is 1.37 bits per heavy atom. The van der Waals surface area contributed by atoms with Gasteiger partial charge in [-0.3, -0.25) is 9.58 Å². The van der Waals surface area contributed by atoms with Crippen LogP contribution < -0.4 is 5.73 Å². The number of rotatable bonds is 4. The van der Waals surface area contributed by atoms with E-state index in [0.717, 1.165) is 31.9 Å². The Kier molecular flexibility index (Phi) is 4.10. The highest BCUT2D eigenvalue weighted by Crippen LogP contribution is 2.29. The van der Waals surface area contributed by atoms with Crippen molar-refractivity contribution in [2.45, 2.75) is 50.9 Å². The second-order valence-corrected chi connectivity index (χ2v) is 5.49. The summed E-state index contributed by atoms with van der Waals surface area (Å²) in [6.45, 7) is 4.07. The third kappa shape index (κ3) is 2.96. The van der Waals surface area contributed by atoms with Crippen molar-refractivity contribution in [3.8, 4) is 0 Å². The Morgan fingerprint density at radius 3 is 3.16 bits per heavy atom. The van der Waals surface area contributed by atoms with Crippen molar-refractivity contribution in [3.05, 3.63) is 11.9 Å². The molecule has 0 bridgehead atoms. The van der Waals surface area contributed by atoms with Gasteiger partial charge in [0.05, 0.1) is 24.9 Å². The van der Waals surface area contributed by atoms with E-state index in [0.29, 0.717) is 18.7 Å². The number of aromatic nitrogens is 3. The van der Waals surface area contributed by atoms with Gasteiger partial charge >= 0.3 is 0 Å². The van der Waals surface area contributed by atoms with Crippen molar-refractivity contribution in [2.75, 3.05) is 19.7 Å². The Hall–Kier alpha value is -0.980. The molecule has 0 radical (unpaired) electrons. The van der Waals surface area contributed by atoms with Crippen molar-refractivity contribution in [3.63, 3.8) is 0 Å². The number of hydrogen-bond donors (Lipinski definition) is 1. The van der Waals surface area contributed by atoms with Gasteiger partial charge in [-0.2, -0.15) is 0 Å². The minimum atomic E-state index is 0.432. The summed E-state index contributed by atoms with van der Waals surface area (Å²) in [6, 6.07) is 0.571. The molecule has 1 aliphatic carbocycles. The number of nitrogens with two attached hydrogens (primary N) is 1. The smallest absolute Gasteiger partial charge is 0.0967 e. The highest BCUT2D eigenvalue weighted by Gasteiger charge is 2.34. The van der Waals surface area contributed by atoms with Gasteiger partial charge in [-0.05, 0) is 12.8 Å². The first-order valence-corrected chi connectivity index (χ1v) is 7.31. The second kappa shape index (κ2) is 5.98. The summed E-state index contributed by atoms with van der Waals surface area (Å²) in [4.78, 5) is 2.52. The summed E-state index contributed by atoms with van der Waals surface area (Å²) < 4.78 is 7.72. The van der Waals surface area contributed by atoms with Crippen LogP contribution in [0.5, 0.6) is 0 Å². The van der Waals surface area contributed by atoms with Crippen LogP contribution in [0.2, 0.25) is 0 Å². The van der Waals surface area contributed by atoms with Crippen LogP contribution in [0.25, 0.3) is 0 Å². The maximum atomic E-state index is 5.89. The first-order chi connectivity index (χ1) is 9.36. The number of ether oxygens (including phenoxy) is 1. The molecule has 6 heteroatoms. The van der Waals surface area contributed by atoms with Gasteiger partial charge in [-0.1, -0.05) is 18.1 Å². The summed E-state index contributed by atoms with van der Waals surface area (Å²) in [6.07, 6.45) is 7.53. The fraction of sp³-hybridized carbons (Fsp3) is 0.846. The highest BCUT2D eigenvalue weighted by atomic mass is 16.5. The molecular weight excluding hydrogens is 242 g/mol. The maximum absolute atomic E-state index is 5.89. The number of fused-ring (bicyclic) bond motifs is 1. The predicted molar refractivity (Wildman–Crippen MR) is 71.5 cm³/mol. The number of morpholine rings is 1. The predicted octanol–water partition coefficient (Wildman–Crippen LogP) is 0.380. The van der Waals surface area contributed by atoms with Crippen LogP contribution in [0.15, 0.2) is 6.20 Å². The van der Waals surface area contributed by atoms with Gasteiger partial charge in [0, 0.05) is 31.9 Å². The number of hydrogen-bond acceptors (Lipinski definition) is 5. The van der Waals surface area contributed by atoms with Gasteiger partial charge in [-0.15, -0.1) is 5.10 Å². The molecule has 19 heavy (non-hydrogen) atoms. The zero-order valence-corrected chi connectivity index (χ0v) is 11.4. The van der Waals surface area contributed by atoms with E-state index in [4.69, 9.17) is 10.5 Å². The first kappa shape index (κ1) is 13.0. The van der Waals surface area contributed by atoms with E-state index in [9.17, 15) is 0 Å². The van der Waals surface area contributed by atoms with Crippen LogP contribution in [-0.2, 0) is 17.8 Å². The van der Waals surface area contributed by atoms with Crippen molar-refractivity contribution in [2.24, 2.45) is 5.73 Å². The Bertz CT molecular complexity index is 405. The quantitative estimate of drug-likeness (QED) is 0.852. The fourth-order valence-corrected chi connectivity index (χ4v) is 3.23. The lowest BCUT2D eigenvalue weighted by Crippen LogP contribution is -2.52. The van der Waals surface area contributed by atoms with E-state index >= 15 is 0 Å². The van der Waals surface area contributed by atoms with Gasteiger partial charge in [0.2, 0.25) is 0 Å². The summed E-state index contributed by atoms with van der Waals surface area (Å²) in [7, 11) is 0. The molecule has 2 unspecified atom stereocenters. The summed E-state index contributed by atoms with van der Waals surface area (Å²) >= 11 is 0. The molecular formula is C13H23N5O. The van der Waals surface area contributed by atoms with Crippen molar-refractivity contribution >= 4 is 0 Å². The standard InChI is InChI=1S/C13H23N5O/c14-5-6-18-10-11(15-16-18)9-17-7-8-19-13-4-2-1-3-12(13)17/h10,12-13H,1-9,14H2. The second-order valence-electron chi connectivity index (χ2n) is 5.49. The lowest BCUT2D eigenvalue weighted by atomic mass is 9.90. The molecule has 6 nitrogen and oxygen atoms in total. The summed E-state index contributed by atoms with van der Waals surface area (Å²) in [5.74, 6) is 0. The van der Waals surface area contributed by atoms with E-state index in [1.807, 2.05) is 10.9 Å². The Labute approximate surface area is 113 Å². The van der Waals surface area contributed by atoms with Crippen LogP contribution in [0, 0.1) is 0 Å². The molecule has 2 aliphatic rings. The van der Waals surface area contributed by atoms with Crippen molar-refractivity contribution in [1.29, 1.82) is 0 Å².